The zero-order valence-corrected chi connectivity index (χ0v) is 19.4. The van der Waals surface area contributed by atoms with Crippen molar-refractivity contribution in [1.29, 1.82) is 0 Å². The number of aromatic nitrogens is 2. The fraction of sp³-hybridized carbons (Fsp3) is 0.0357. The standard InChI is InChI=1S/C28H18N2O7/c1-34-24-13-19(35-27(32)17-5-3-11-29-15-17)9-10-20(24)25-14-21(31)26-22(36-25)7-2-8-23(26)37-28(33)18-6-4-12-30-16-18/h2-16H,1H3. The van der Waals surface area contributed by atoms with Gasteiger partial charge in [-0.15, -0.1) is 0 Å². The van der Waals surface area contributed by atoms with Crippen molar-refractivity contribution in [3.05, 3.63) is 113 Å². The fourth-order valence-corrected chi connectivity index (χ4v) is 3.63. The first-order valence-corrected chi connectivity index (χ1v) is 11.0. The van der Waals surface area contributed by atoms with Gasteiger partial charge < -0.3 is 18.6 Å². The lowest BCUT2D eigenvalue weighted by molar-refractivity contribution is 0.0725. The predicted octanol–water partition coefficient (Wildman–Crippen LogP) is 4.70. The SMILES string of the molecule is COc1cc(OC(=O)c2cccnc2)ccc1-c1cc(=O)c2c(OC(=O)c3cccnc3)cccc2o1. The van der Waals surface area contributed by atoms with E-state index in [2.05, 4.69) is 9.97 Å². The van der Waals surface area contributed by atoms with Crippen molar-refractivity contribution in [3.63, 3.8) is 0 Å². The van der Waals surface area contributed by atoms with Crippen LogP contribution >= 0.6 is 0 Å². The summed E-state index contributed by atoms with van der Waals surface area (Å²) in [6, 6.07) is 17.1. The molecular formula is C28H18N2O7. The first kappa shape index (κ1) is 23.4. The third-order valence-electron chi connectivity index (χ3n) is 5.36. The summed E-state index contributed by atoms with van der Waals surface area (Å²) in [5.41, 5.74) is 0.800. The molecule has 0 radical (unpaired) electrons. The van der Waals surface area contributed by atoms with E-state index in [1.807, 2.05) is 0 Å². The number of methoxy groups -OCH3 is 1. The van der Waals surface area contributed by atoms with Crippen LogP contribution in [0.25, 0.3) is 22.3 Å². The summed E-state index contributed by atoms with van der Waals surface area (Å²) in [4.78, 5) is 45.8. The molecule has 2 aromatic carbocycles. The molecule has 0 atom stereocenters. The molecule has 9 nitrogen and oxygen atoms in total. The molecule has 0 fully saturated rings. The number of pyridine rings is 2. The highest BCUT2D eigenvalue weighted by molar-refractivity contribution is 5.94. The normalized spacial score (nSPS) is 10.6. The number of esters is 2. The summed E-state index contributed by atoms with van der Waals surface area (Å²) >= 11 is 0. The van der Waals surface area contributed by atoms with Crippen LogP contribution in [0.4, 0.5) is 0 Å². The molecular weight excluding hydrogens is 476 g/mol. The molecule has 0 saturated heterocycles. The summed E-state index contributed by atoms with van der Waals surface area (Å²) in [5, 5.41) is 0.115. The second kappa shape index (κ2) is 10.1. The summed E-state index contributed by atoms with van der Waals surface area (Å²) in [6.45, 7) is 0. The molecule has 0 aliphatic heterocycles. The molecule has 0 N–H and O–H groups in total. The quantitative estimate of drug-likeness (QED) is 0.244. The summed E-state index contributed by atoms with van der Waals surface area (Å²) < 4.78 is 22.3. The highest BCUT2D eigenvalue weighted by atomic mass is 16.5. The number of hydrogen-bond acceptors (Lipinski definition) is 9. The van der Waals surface area contributed by atoms with E-state index in [1.165, 1.54) is 43.9 Å². The molecule has 0 aliphatic carbocycles. The molecule has 0 bridgehead atoms. The lowest BCUT2D eigenvalue weighted by atomic mass is 10.1. The Bertz CT molecular complexity index is 1670. The number of nitrogens with zero attached hydrogens (tertiary/aromatic N) is 2. The van der Waals surface area contributed by atoms with Crippen LogP contribution in [-0.2, 0) is 0 Å². The van der Waals surface area contributed by atoms with Gasteiger partial charge in [-0.25, -0.2) is 9.59 Å². The molecule has 0 amide bonds. The van der Waals surface area contributed by atoms with Crippen LogP contribution in [0.5, 0.6) is 17.2 Å². The Kier molecular flexibility index (Phi) is 6.41. The van der Waals surface area contributed by atoms with Gasteiger partial charge in [-0.1, -0.05) is 6.07 Å². The Balaban J connectivity index is 1.47. The van der Waals surface area contributed by atoms with Crippen LogP contribution in [0.2, 0.25) is 0 Å². The van der Waals surface area contributed by atoms with Gasteiger partial charge >= 0.3 is 11.9 Å². The van der Waals surface area contributed by atoms with E-state index in [0.29, 0.717) is 16.9 Å². The number of benzene rings is 2. The number of carbonyl (C=O) groups is 2. The van der Waals surface area contributed by atoms with Gasteiger partial charge in [-0.2, -0.15) is 0 Å². The first-order valence-electron chi connectivity index (χ1n) is 11.0. The molecule has 37 heavy (non-hydrogen) atoms. The van der Waals surface area contributed by atoms with Crippen molar-refractivity contribution in [3.8, 4) is 28.6 Å². The zero-order chi connectivity index (χ0) is 25.8. The topological polar surface area (TPSA) is 118 Å². The maximum atomic E-state index is 13.1. The first-order chi connectivity index (χ1) is 18.0. The monoisotopic (exact) mass is 494 g/mol. The minimum Gasteiger partial charge on any atom is -0.496 e. The zero-order valence-electron chi connectivity index (χ0n) is 19.4. The van der Waals surface area contributed by atoms with Gasteiger partial charge in [0.2, 0.25) is 0 Å². The van der Waals surface area contributed by atoms with Crippen molar-refractivity contribution in [2.45, 2.75) is 0 Å². The van der Waals surface area contributed by atoms with Crippen molar-refractivity contribution in [2.24, 2.45) is 0 Å². The maximum absolute atomic E-state index is 13.1. The van der Waals surface area contributed by atoms with Crippen LogP contribution in [0, 0.1) is 0 Å². The third kappa shape index (κ3) is 4.92. The molecule has 9 heteroatoms. The highest BCUT2D eigenvalue weighted by Crippen LogP contribution is 2.35. The van der Waals surface area contributed by atoms with Crippen LogP contribution in [0.3, 0.4) is 0 Å². The maximum Gasteiger partial charge on any atom is 0.345 e. The van der Waals surface area contributed by atoms with Crippen LogP contribution in [0.1, 0.15) is 20.7 Å². The molecule has 3 aromatic heterocycles. The van der Waals surface area contributed by atoms with E-state index in [0.717, 1.165) is 0 Å². The minimum absolute atomic E-state index is 0.0660. The second-order valence-electron chi connectivity index (χ2n) is 7.73. The average molecular weight is 494 g/mol. The fourth-order valence-electron chi connectivity index (χ4n) is 3.63. The largest absolute Gasteiger partial charge is 0.496 e. The number of carbonyl (C=O) groups excluding carboxylic acids is 2. The van der Waals surface area contributed by atoms with E-state index in [-0.39, 0.29) is 33.8 Å². The number of rotatable bonds is 6. The van der Waals surface area contributed by atoms with Crippen molar-refractivity contribution >= 4 is 22.9 Å². The van der Waals surface area contributed by atoms with Gasteiger partial charge in [0.15, 0.2) is 5.43 Å². The Labute approximate surface area is 209 Å². The Hall–Kier alpha value is -5.31. The Morgan fingerprint density at radius 1 is 0.784 bits per heavy atom. The molecule has 0 unspecified atom stereocenters. The van der Waals surface area contributed by atoms with Gasteiger partial charge in [0.05, 0.1) is 23.8 Å². The molecule has 5 aromatic rings. The second-order valence-corrected chi connectivity index (χ2v) is 7.73. The molecule has 5 rings (SSSR count). The molecule has 0 spiro atoms. The number of ether oxygens (including phenoxy) is 3. The smallest absolute Gasteiger partial charge is 0.345 e. The molecule has 3 heterocycles. The lowest BCUT2D eigenvalue weighted by Crippen LogP contribution is -2.11. The predicted molar refractivity (Wildman–Crippen MR) is 133 cm³/mol. The van der Waals surface area contributed by atoms with Gasteiger partial charge in [0.25, 0.3) is 0 Å². The molecule has 182 valence electrons. The molecule has 0 aliphatic rings. The van der Waals surface area contributed by atoms with Gasteiger partial charge in [-0.05, 0) is 48.5 Å². The number of hydrogen-bond donors (Lipinski definition) is 0. The summed E-state index contributed by atoms with van der Waals surface area (Å²) in [5.74, 6) is -0.387. The lowest BCUT2D eigenvalue weighted by Gasteiger charge is -2.12. The van der Waals surface area contributed by atoms with Gasteiger partial charge in [0.1, 0.15) is 34.0 Å². The van der Waals surface area contributed by atoms with E-state index in [4.69, 9.17) is 18.6 Å². The minimum atomic E-state index is -0.651. The summed E-state index contributed by atoms with van der Waals surface area (Å²) in [7, 11) is 1.45. The van der Waals surface area contributed by atoms with Gasteiger partial charge in [0, 0.05) is 36.9 Å². The highest BCUT2D eigenvalue weighted by Gasteiger charge is 2.18. The van der Waals surface area contributed by atoms with E-state index in [1.54, 1.807) is 54.7 Å². The van der Waals surface area contributed by atoms with Crippen LogP contribution < -0.4 is 19.6 Å². The van der Waals surface area contributed by atoms with Crippen LogP contribution in [0.15, 0.2) is 101 Å². The van der Waals surface area contributed by atoms with Gasteiger partial charge in [-0.3, -0.25) is 14.8 Å². The van der Waals surface area contributed by atoms with E-state index >= 15 is 0 Å². The Morgan fingerprint density at radius 2 is 1.49 bits per heavy atom. The van der Waals surface area contributed by atoms with Crippen molar-refractivity contribution in [1.82, 2.24) is 9.97 Å². The average Bonchev–Trinajstić information content (AvgIpc) is 2.93. The Morgan fingerprint density at radius 3 is 2.14 bits per heavy atom. The van der Waals surface area contributed by atoms with E-state index < -0.39 is 17.4 Å². The molecule has 0 saturated carbocycles. The van der Waals surface area contributed by atoms with Crippen molar-refractivity contribution < 1.29 is 28.2 Å². The van der Waals surface area contributed by atoms with E-state index in [9.17, 15) is 14.4 Å². The van der Waals surface area contributed by atoms with Crippen LogP contribution in [-0.4, -0.2) is 29.0 Å². The summed E-state index contributed by atoms with van der Waals surface area (Å²) in [6.07, 6.45) is 5.87. The number of fused-ring (bicyclic) bond motifs is 1. The third-order valence-corrected chi connectivity index (χ3v) is 5.36. The van der Waals surface area contributed by atoms with Crippen molar-refractivity contribution in [2.75, 3.05) is 7.11 Å².